The van der Waals surface area contributed by atoms with Crippen molar-refractivity contribution >= 4 is 18.3 Å². The van der Waals surface area contributed by atoms with Gasteiger partial charge in [-0.2, -0.15) is 0 Å². The molecule has 0 spiro atoms. The number of nitrogens with two attached hydrogens (primary N) is 1. The second kappa shape index (κ2) is 8.85. The van der Waals surface area contributed by atoms with Crippen LogP contribution in [0.4, 0.5) is 0 Å². The summed E-state index contributed by atoms with van der Waals surface area (Å²) in [4.78, 5) is 16.6. The van der Waals surface area contributed by atoms with Crippen LogP contribution in [0.3, 0.4) is 0 Å². The predicted octanol–water partition coefficient (Wildman–Crippen LogP) is 2.12. The second-order valence-electron chi connectivity index (χ2n) is 6.69. The molecule has 1 amide bonds. The highest BCUT2D eigenvalue weighted by Gasteiger charge is 2.27. The van der Waals surface area contributed by atoms with Gasteiger partial charge < -0.3 is 10.6 Å². The maximum Gasteiger partial charge on any atom is 0.236 e. The van der Waals surface area contributed by atoms with Gasteiger partial charge in [0.2, 0.25) is 5.91 Å². The summed E-state index contributed by atoms with van der Waals surface area (Å²) in [7, 11) is 2.01. The quantitative estimate of drug-likeness (QED) is 0.818. The summed E-state index contributed by atoms with van der Waals surface area (Å²) in [6, 6.07) is 0.456. The molecule has 1 rings (SSSR count). The molecule has 20 heavy (non-hydrogen) atoms. The Bertz CT molecular complexity index is 297. The third-order valence-electron chi connectivity index (χ3n) is 4.07. The molecule has 5 heteroatoms. The van der Waals surface area contributed by atoms with Crippen molar-refractivity contribution in [3.05, 3.63) is 0 Å². The molecule has 1 aliphatic rings. The van der Waals surface area contributed by atoms with Gasteiger partial charge in [0.15, 0.2) is 0 Å². The van der Waals surface area contributed by atoms with Crippen LogP contribution >= 0.6 is 12.4 Å². The van der Waals surface area contributed by atoms with Gasteiger partial charge in [-0.05, 0) is 44.7 Å². The Hall–Kier alpha value is -0.320. The van der Waals surface area contributed by atoms with Crippen LogP contribution in [0.15, 0.2) is 0 Å². The maximum atomic E-state index is 12.4. The lowest BCUT2D eigenvalue weighted by Crippen LogP contribution is -2.48. The molecule has 1 atom stereocenters. The molecule has 0 aliphatic carbocycles. The molecular formula is C15H32ClN3O. The molecule has 0 aromatic heterocycles. The molecule has 4 nitrogen and oxygen atoms in total. The van der Waals surface area contributed by atoms with E-state index in [0.29, 0.717) is 19.1 Å². The molecule has 120 valence electrons. The van der Waals surface area contributed by atoms with Crippen molar-refractivity contribution in [3.63, 3.8) is 0 Å². The monoisotopic (exact) mass is 305 g/mol. The smallest absolute Gasteiger partial charge is 0.236 e. The van der Waals surface area contributed by atoms with E-state index in [1.54, 1.807) is 0 Å². The van der Waals surface area contributed by atoms with Gasteiger partial charge in [0.25, 0.3) is 0 Å². The van der Waals surface area contributed by atoms with Crippen molar-refractivity contribution in [2.24, 2.45) is 11.1 Å². The maximum absolute atomic E-state index is 12.4. The minimum Gasteiger partial charge on any atom is -0.339 e. The summed E-state index contributed by atoms with van der Waals surface area (Å²) in [5.41, 5.74) is 5.82. The zero-order chi connectivity index (χ0) is 14.5. The van der Waals surface area contributed by atoms with Crippen LogP contribution in [0.5, 0.6) is 0 Å². The molecule has 2 N–H and O–H groups in total. The molecule has 0 aromatic carbocycles. The normalized spacial score (nSPS) is 19.9. The minimum atomic E-state index is 0. The number of rotatable bonds is 6. The van der Waals surface area contributed by atoms with E-state index in [1.165, 1.54) is 12.8 Å². The van der Waals surface area contributed by atoms with Crippen molar-refractivity contribution in [2.75, 3.05) is 33.2 Å². The molecule has 1 heterocycles. The number of carbonyl (C=O) groups excluding carboxylic acids is 1. The Morgan fingerprint density at radius 2 is 2.05 bits per heavy atom. The minimum absolute atomic E-state index is 0. The first-order chi connectivity index (χ1) is 8.89. The van der Waals surface area contributed by atoms with Crippen LogP contribution in [-0.2, 0) is 4.79 Å². The molecular weight excluding hydrogens is 274 g/mol. The number of amides is 1. The topological polar surface area (TPSA) is 49.6 Å². The average molecular weight is 306 g/mol. The number of piperidine rings is 1. The number of carbonyl (C=O) groups is 1. The summed E-state index contributed by atoms with van der Waals surface area (Å²) in [6.45, 7) is 9.42. The number of hydrogen-bond donors (Lipinski definition) is 1. The molecule has 0 aromatic rings. The summed E-state index contributed by atoms with van der Waals surface area (Å²) in [5.74, 6) is 0.280. The van der Waals surface area contributed by atoms with Gasteiger partial charge >= 0.3 is 0 Å². The van der Waals surface area contributed by atoms with E-state index >= 15 is 0 Å². The average Bonchev–Trinajstić information content (AvgIpc) is 2.37. The number of likely N-dealkylation sites (N-methyl/N-ethyl adjacent to an activating group) is 1. The highest BCUT2D eigenvalue weighted by molar-refractivity contribution is 5.85. The largest absolute Gasteiger partial charge is 0.339 e. The van der Waals surface area contributed by atoms with E-state index in [2.05, 4.69) is 30.6 Å². The van der Waals surface area contributed by atoms with Gasteiger partial charge in [-0.25, -0.2) is 0 Å². The third kappa shape index (κ3) is 5.98. The lowest BCUT2D eigenvalue weighted by atomic mass is 9.93. The Labute approximate surface area is 130 Å². The Balaban J connectivity index is 0.00000361. The summed E-state index contributed by atoms with van der Waals surface area (Å²) in [5, 5.41) is 0. The Morgan fingerprint density at radius 3 is 2.60 bits per heavy atom. The molecule has 1 fully saturated rings. The van der Waals surface area contributed by atoms with E-state index in [9.17, 15) is 4.79 Å². The van der Waals surface area contributed by atoms with Crippen molar-refractivity contribution in [3.8, 4) is 0 Å². The number of hydrogen-bond acceptors (Lipinski definition) is 3. The van der Waals surface area contributed by atoms with Gasteiger partial charge in [-0.1, -0.05) is 20.8 Å². The van der Waals surface area contributed by atoms with Crippen molar-refractivity contribution in [1.82, 2.24) is 9.80 Å². The van der Waals surface area contributed by atoms with Crippen molar-refractivity contribution < 1.29 is 4.79 Å². The number of likely N-dealkylation sites (tertiary alicyclic amines) is 1. The summed E-state index contributed by atoms with van der Waals surface area (Å²) in [6.07, 6.45) is 4.66. The molecule has 1 aliphatic heterocycles. The van der Waals surface area contributed by atoms with E-state index in [-0.39, 0.29) is 23.7 Å². The summed E-state index contributed by atoms with van der Waals surface area (Å²) >= 11 is 0. The number of nitrogens with zero attached hydrogens (tertiary/aromatic N) is 2. The van der Waals surface area contributed by atoms with E-state index in [1.807, 2.05) is 7.05 Å². The number of halogens is 1. The molecule has 0 radical (unpaired) electrons. The Kier molecular flexibility index (Phi) is 8.71. The van der Waals surface area contributed by atoms with E-state index < -0.39 is 0 Å². The lowest BCUT2D eigenvalue weighted by molar-refractivity contribution is -0.136. The fourth-order valence-corrected chi connectivity index (χ4v) is 2.93. The molecule has 1 unspecified atom stereocenters. The zero-order valence-corrected chi connectivity index (χ0v) is 14.3. The van der Waals surface area contributed by atoms with Gasteiger partial charge in [-0.15, -0.1) is 12.4 Å². The highest BCUT2D eigenvalue weighted by Crippen LogP contribution is 2.20. The van der Waals surface area contributed by atoms with Crippen LogP contribution in [-0.4, -0.2) is 55.0 Å². The summed E-state index contributed by atoms with van der Waals surface area (Å²) < 4.78 is 0. The standard InChI is InChI=1S/C15H31N3O.ClH/c1-5-13-8-6-7-9-18(13)14(19)10-17(4)12-15(2,3)11-16;/h13H,5-12,16H2,1-4H3;1H. The van der Waals surface area contributed by atoms with Crippen LogP contribution in [0.2, 0.25) is 0 Å². The Morgan fingerprint density at radius 1 is 1.40 bits per heavy atom. The zero-order valence-electron chi connectivity index (χ0n) is 13.5. The van der Waals surface area contributed by atoms with Gasteiger partial charge in [-0.3, -0.25) is 9.69 Å². The van der Waals surface area contributed by atoms with Crippen molar-refractivity contribution in [2.45, 2.75) is 52.5 Å². The fourth-order valence-electron chi connectivity index (χ4n) is 2.93. The van der Waals surface area contributed by atoms with E-state index in [0.717, 1.165) is 25.9 Å². The van der Waals surface area contributed by atoms with Crippen LogP contribution in [0, 0.1) is 5.41 Å². The van der Waals surface area contributed by atoms with Gasteiger partial charge in [0.1, 0.15) is 0 Å². The first-order valence-electron chi connectivity index (χ1n) is 7.57. The molecule has 0 saturated carbocycles. The first kappa shape index (κ1) is 19.7. The van der Waals surface area contributed by atoms with Gasteiger partial charge in [0.05, 0.1) is 6.54 Å². The fraction of sp³-hybridized carbons (Fsp3) is 0.933. The third-order valence-corrected chi connectivity index (χ3v) is 4.07. The molecule has 1 saturated heterocycles. The SMILES string of the molecule is CCC1CCCCN1C(=O)CN(C)CC(C)(C)CN.Cl. The first-order valence-corrected chi connectivity index (χ1v) is 7.57. The second-order valence-corrected chi connectivity index (χ2v) is 6.69. The van der Waals surface area contributed by atoms with E-state index in [4.69, 9.17) is 5.73 Å². The highest BCUT2D eigenvalue weighted by atomic mass is 35.5. The van der Waals surface area contributed by atoms with Crippen LogP contribution in [0.1, 0.15) is 46.5 Å². The van der Waals surface area contributed by atoms with Crippen molar-refractivity contribution in [1.29, 1.82) is 0 Å². The van der Waals surface area contributed by atoms with Gasteiger partial charge in [0, 0.05) is 19.1 Å². The lowest BCUT2D eigenvalue weighted by Gasteiger charge is -2.37. The van der Waals surface area contributed by atoms with Crippen LogP contribution < -0.4 is 5.73 Å². The molecule has 0 bridgehead atoms. The predicted molar refractivity (Wildman–Crippen MR) is 87.2 cm³/mol. The van der Waals surface area contributed by atoms with Crippen LogP contribution in [0.25, 0.3) is 0 Å².